The summed E-state index contributed by atoms with van der Waals surface area (Å²) in [6, 6.07) is 1.53. The molecule has 0 aliphatic carbocycles. The zero-order valence-corrected chi connectivity index (χ0v) is 29.7. The summed E-state index contributed by atoms with van der Waals surface area (Å²) < 4.78 is 0. The second kappa shape index (κ2) is 18.2. The molecule has 7 unspecified atom stereocenters. The lowest BCUT2D eigenvalue weighted by molar-refractivity contribution is -0.137. The Labute approximate surface area is 292 Å². The Bertz CT molecular complexity index is 1560. The first-order chi connectivity index (χ1) is 23.6. The maximum absolute atomic E-state index is 13.9. The summed E-state index contributed by atoms with van der Waals surface area (Å²) >= 11 is 0. The van der Waals surface area contributed by atoms with Gasteiger partial charge in [-0.2, -0.15) is 0 Å². The van der Waals surface area contributed by atoms with Crippen LogP contribution in [-0.2, 0) is 40.0 Å². The summed E-state index contributed by atoms with van der Waals surface area (Å²) in [5, 5.41) is 16.8. The standard InChI is InChI=1S/C35H52N8O7/c1-7-19(5)29-34(49)41-26(15-27(36)44)31(46)38-17-28(45)39-25(14-21-16-37-23-12-10-9-11-22(21)23)32(47)40-24(13-18(3)4)33(48)42-30(20(6)8-2)35(50)43-29/h9-12,16,18-20,24-26,29-30,37H,7-8,13-15,17H2,1-6H3,(H2,36,44)(H,38,46)(H,39,45)(H,40,47)(H,41,49)(H,42,48)(H,43,50). The molecule has 50 heavy (non-hydrogen) atoms. The van der Waals surface area contributed by atoms with E-state index in [9.17, 15) is 33.6 Å². The number of carbonyl (C=O) groups excluding carboxylic acids is 7. The van der Waals surface area contributed by atoms with Gasteiger partial charge in [-0.05, 0) is 35.8 Å². The number of para-hydroxylation sites is 1. The number of primary amides is 1. The molecule has 2 aromatic rings. The van der Waals surface area contributed by atoms with E-state index in [4.69, 9.17) is 5.73 Å². The van der Waals surface area contributed by atoms with Gasteiger partial charge in [-0.3, -0.25) is 33.6 Å². The van der Waals surface area contributed by atoms with Crippen molar-refractivity contribution in [3.8, 4) is 0 Å². The molecule has 7 amide bonds. The molecule has 0 saturated carbocycles. The lowest BCUT2D eigenvalue weighted by atomic mass is 9.94. The number of benzene rings is 1. The summed E-state index contributed by atoms with van der Waals surface area (Å²) in [5.74, 6) is -5.89. The number of rotatable bonds is 10. The Hall–Kier alpha value is -4.95. The van der Waals surface area contributed by atoms with E-state index in [-0.39, 0.29) is 24.7 Å². The Morgan fingerprint density at radius 3 is 1.90 bits per heavy atom. The van der Waals surface area contributed by atoms with Gasteiger partial charge in [0.1, 0.15) is 30.2 Å². The summed E-state index contributed by atoms with van der Waals surface area (Å²) in [6.07, 6.45) is 2.40. The van der Waals surface area contributed by atoms with Crippen molar-refractivity contribution >= 4 is 52.3 Å². The SMILES string of the molecule is CCC(C)C1NC(=O)C(CC(C)C)NC(=O)C(Cc2c[nH]c3ccccc23)NC(=O)CNC(=O)C(CC(N)=O)NC(=O)C(C(C)CC)NC1=O. The number of aromatic amines is 1. The van der Waals surface area contributed by atoms with Gasteiger partial charge >= 0.3 is 0 Å². The number of carbonyl (C=O) groups is 7. The minimum atomic E-state index is -1.46. The number of fused-ring (bicyclic) bond motifs is 1. The van der Waals surface area contributed by atoms with Gasteiger partial charge in [-0.1, -0.05) is 72.6 Å². The first-order valence-electron chi connectivity index (χ1n) is 17.3. The predicted octanol–water partition coefficient (Wildman–Crippen LogP) is 0.278. The van der Waals surface area contributed by atoms with Crippen LogP contribution in [0.1, 0.15) is 72.8 Å². The molecule has 1 saturated heterocycles. The quantitative estimate of drug-likeness (QED) is 0.173. The number of H-pyrrole nitrogens is 1. The van der Waals surface area contributed by atoms with Crippen molar-refractivity contribution < 1.29 is 33.6 Å². The van der Waals surface area contributed by atoms with E-state index in [0.717, 1.165) is 16.5 Å². The fraction of sp³-hybridized carbons (Fsp3) is 0.571. The average molecular weight is 697 g/mol. The maximum atomic E-state index is 13.9. The van der Waals surface area contributed by atoms with Crippen LogP contribution in [0.5, 0.6) is 0 Å². The summed E-state index contributed by atoms with van der Waals surface area (Å²) in [4.78, 5) is 96.7. The van der Waals surface area contributed by atoms with E-state index in [1.165, 1.54) is 0 Å². The molecule has 0 bridgehead atoms. The molecule has 15 heteroatoms. The molecule has 2 heterocycles. The van der Waals surface area contributed by atoms with Crippen molar-refractivity contribution in [1.29, 1.82) is 0 Å². The Kier molecular flexibility index (Phi) is 14.3. The molecule has 274 valence electrons. The molecule has 7 atom stereocenters. The molecule has 3 rings (SSSR count). The molecule has 15 nitrogen and oxygen atoms in total. The van der Waals surface area contributed by atoms with Gasteiger partial charge in [0, 0.05) is 23.5 Å². The van der Waals surface area contributed by atoms with Gasteiger partial charge in [-0.15, -0.1) is 0 Å². The second-order valence-electron chi connectivity index (χ2n) is 13.6. The topological polar surface area (TPSA) is 233 Å². The fourth-order valence-corrected chi connectivity index (χ4v) is 5.81. The molecule has 1 aliphatic rings. The minimum Gasteiger partial charge on any atom is -0.370 e. The van der Waals surface area contributed by atoms with Crippen LogP contribution < -0.4 is 37.6 Å². The summed E-state index contributed by atoms with van der Waals surface area (Å²) in [7, 11) is 0. The number of hydrogen-bond donors (Lipinski definition) is 8. The van der Waals surface area contributed by atoms with Crippen LogP contribution in [0.25, 0.3) is 10.9 Å². The van der Waals surface area contributed by atoms with Crippen LogP contribution in [0.3, 0.4) is 0 Å². The van der Waals surface area contributed by atoms with E-state index in [1.807, 2.05) is 52.0 Å². The van der Waals surface area contributed by atoms with Crippen molar-refractivity contribution in [2.75, 3.05) is 6.54 Å². The molecule has 1 aromatic heterocycles. The van der Waals surface area contributed by atoms with Gasteiger partial charge < -0.3 is 42.6 Å². The maximum Gasteiger partial charge on any atom is 0.243 e. The average Bonchev–Trinajstić information content (AvgIpc) is 3.48. The number of amides is 7. The van der Waals surface area contributed by atoms with E-state index in [1.54, 1.807) is 20.0 Å². The number of aromatic nitrogens is 1. The van der Waals surface area contributed by atoms with Crippen LogP contribution >= 0.6 is 0 Å². The summed E-state index contributed by atoms with van der Waals surface area (Å²) in [5.41, 5.74) is 6.94. The van der Waals surface area contributed by atoms with Crippen LogP contribution in [-0.4, -0.2) is 83.1 Å². The Balaban J connectivity index is 2.06. The smallest absolute Gasteiger partial charge is 0.243 e. The van der Waals surface area contributed by atoms with Gasteiger partial charge in [-0.25, -0.2) is 0 Å². The first-order valence-corrected chi connectivity index (χ1v) is 17.3. The van der Waals surface area contributed by atoms with Crippen LogP contribution in [0, 0.1) is 17.8 Å². The summed E-state index contributed by atoms with van der Waals surface area (Å²) in [6.45, 7) is 10.4. The molecule has 9 N–H and O–H groups in total. The Morgan fingerprint density at radius 1 is 0.740 bits per heavy atom. The third-order valence-electron chi connectivity index (χ3n) is 9.14. The highest BCUT2D eigenvalue weighted by atomic mass is 16.2. The van der Waals surface area contributed by atoms with E-state index in [0.29, 0.717) is 12.8 Å². The number of hydrogen-bond acceptors (Lipinski definition) is 7. The largest absolute Gasteiger partial charge is 0.370 e. The molecule has 0 radical (unpaired) electrons. The second-order valence-corrected chi connectivity index (χ2v) is 13.6. The highest BCUT2D eigenvalue weighted by Gasteiger charge is 2.36. The lowest BCUT2D eigenvalue weighted by Gasteiger charge is -2.31. The van der Waals surface area contributed by atoms with Crippen LogP contribution in [0.15, 0.2) is 30.5 Å². The van der Waals surface area contributed by atoms with Crippen molar-refractivity contribution in [3.05, 3.63) is 36.0 Å². The van der Waals surface area contributed by atoms with Crippen molar-refractivity contribution in [2.45, 2.75) is 104 Å². The predicted molar refractivity (Wildman–Crippen MR) is 187 cm³/mol. The highest BCUT2D eigenvalue weighted by molar-refractivity contribution is 5.99. The van der Waals surface area contributed by atoms with Crippen LogP contribution in [0.2, 0.25) is 0 Å². The molecule has 1 aliphatic heterocycles. The number of nitrogens with two attached hydrogens (primary N) is 1. The minimum absolute atomic E-state index is 0.0384. The van der Waals surface area contributed by atoms with Crippen LogP contribution in [0.4, 0.5) is 0 Å². The third-order valence-corrected chi connectivity index (χ3v) is 9.14. The van der Waals surface area contributed by atoms with Crippen molar-refractivity contribution in [2.24, 2.45) is 23.5 Å². The number of nitrogens with one attached hydrogen (secondary N) is 7. The first kappa shape index (κ1) is 39.5. The zero-order chi connectivity index (χ0) is 37.1. The molecular weight excluding hydrogens is 644 g/mol. The van der Waals surface area contributed by atoms with Crippen molar-refractivity contribution in [1.82, 2.24) is 36.9 Å². The van der Waals surface area contributed by atoms with Crippen molar-refractivity contribution in [3.63, 3.8) is 0 Å². The van der Waals surface area contributed by atoms with Gasteiger partial charge in [0.2, 0.25) is 41.4 Å². The fourth-order valence-electron chi connectivity index (χ4n) is 5.81. The molecule has 1 fully saturated rings. The molecular formula is C35H52N8O7. The lowest BCUT2D eigenvalue weighted by Crippen LogP contribution is -2.62. The normalized spacial score (nSPS) is 24.5. The highest BCUT2D eigenvalue weighted by Crippen LogP contribution is 2.20. The zero-order valence-electron chi connectivity index (χ0n) is 29.7. The van der Waals surface area contributed by atoms with E-state index in [2.05, 4.69) is 36.9 Å². The third kappa shape index (κ3) is 10.8. The molecule has 1 aromatic carbocycles. The molecule has 0 spiro atoms. The monoisotopic (exact) mass is 696 g/mol. The van der Waals surface area contributed by atoms with Gasteiger partial charge in [0.25, 0.3) is 0 Å². The van der Waals surface area contributed by atoms with E-state index < -0.39 is 90.4 Å². The van der Waals surface area contributed by atoms with E-state index >= 15 is 0 Å². The Morgan fingerprint density at radius 2 is 1.30 bits per heavy atom. The van der Waals surface area contributed by atoms with Gasteiger partial charge in [0.05, 0.1) is 13.0 Å². The van der Waals surface area contributed by atoms with Gasteiger partial charge in [0.15, 0.2) is 0 Å².